The fourth-order valence-corrected chi connectivity index (χ4v) is 3.08. The zero-order chi connectivity index (χ0) is 19.2. The molecule has 1 amide bonds. The van der Waals surface area contributed by atoms with Gasteiger partial charge in [-0.05, 0) is 58.2 Å². The molecule has 2 rings (SSSR count). The van der Waals surface area contributed by atoms with Gasteiger partial charge in [0.2, 0.25) is 0 Å². The predicted octanol–water partition coefficient (Wildman–Crippen LogP) is 2.73. The van der Waals surface area contributed by atoms with E-state index < -0.39 is 0 Å². The van der Waals surface area contributed by atoms with Gasteiger partial charge >= 0.3 is 0 Å². The maximum absolute atomic E-state index is 12.2. The van der Waals surface area contributed by atoms with Gasteiger partial charge in [0, 0.05) is 24.3 Å². The van der Waals surface area contributed by atoms with Crippen molar-refractivity contribution >= 4 is 11.6 Å². The van der Waals surface area contributed by atoms with Gasteiger partial charge in [0.05, 0.1) is 12.2 Å². The molecule has 1 heterocycles. The van der Waals surface area contributed by atoms with Crippen molar-refractivity contribution in [1.82, 2.24) is 10.2 Å². The molecule has 26 heavy (non-hydrogen) atoms. The van der Waals surface area contributed by atoms with E-state index in [1.165, 1.54) is 0 Å². The summed E-state index contributed by atoms with van der Waals surface area (Å²) in [6.07, 6.45) is 2.76. The first-order valence-corrected chi connectivity index (χ1v) is 9.31. The second kappa shape index (κ2) is 8.99. The van der Waals surface area contributed by atoms with Crippen LogP contribution >= 0.6 is 0 Å². The van der Waals surface area contributed by atoms with Crippen molar-refractivity contribution in [3.8, 4) is 0 Å². The molecule has 1 unspecified atom stereocenters. The van der Waals surface area contributed by atoms with Crippen LogP contribution in [0.2, 0.25) is 0 Å². The van der Waals surface area contributed by atoms with Crippen LogP contribution < -0.4 is 11.1 Å². The molecule has 1 saturated heterocycles. The summed E-state index contributed by atoms with van der Waals surface area (Å²) in [5, 5.41) is 2.96. The molecule has 0 aromatic heterocycles. The Labute approximate surface area is 157 Å². The van der Waals surface area contributed by atoms with Crippen molar-refractivity contribution in [3.63, 3.8) is 0 Å². The standard InChI is InChI=1S/C21H32N4O/c1-16(23-13-17-8-6-5-7-9-17)12-19(22)20(26)24-14-18-10-11-25(15-18)21(2,3)4/h5-9,12,18H,10-11,13-15,22H2,1-4H3,(H,24,26). The van der Waals surface area contributed by atoms with E-state index in [0.29, 0.717) is 19.0 Å². The van der Waals surface area contributed by atoms with Crippen LogP contribution in [-0.2, 0) is 11.3 Å². The van der Waals surface area contributed by atoms with Gasteiger partial charge in [-0.15, -0.1) is 0 Å². The minimum absolute atomic E-state index is 0.185. The molecule has 0 radical (unpaired) electrons. The van der Waals surface area contributed by atoms with Crippen LogP contribution in [0, 0.1) is 5.92 Å². The molecule has 3 N–H and O–H groups in total. The van der Waals surface area contributed by atoms with Gasteiger partial charge in [-0.2, -0.15) is 0 Å². The number of rotatable bonds is 6. The van der Waals surface area contributed by atoms with Crippen molar-refractivity contribution in [2.45, 2.75) is 46.2 Å². The van der Waals surface area contributed by atoms with E-state index in [0.717, 1.165) is 30.8 Å². The van der Waals surface area contributed by atoms with E-state index in [-0.39, 0.29) is 17.1 Å². The van der Waals surface area contributed by atoms with Crippen LogP contribution in [0.3, 0.4) is 0 Å². The third-order valence-electron chi connectivity index (χ3n) is 4.77. The second-order valence-electron chi connectivity index (χ2n) is 8.02. The highest BCUT2D eigenvalue weighted by molar-refractivity contribution is 6.02. The van der Waals surface area contributed by atoms with E-state index in [1.807, 2.05) is 37.3 Å². The number of benzene rings is 1. The number of amides is 1. The SMILES string of the molecule is CC(C=C(N)C(=O)NCC1CCN(C(C)(C)C)C1)=NCc1ccccc1. The highest BCUT2D eigenvalue weighted by atomic mass is 16.1. The average Bonchev–Trinajstić information content (AvgIpc) is 3.08. The summed E-state index contributed by atoms with van der Waals surface area (Å²) in [7, 11) is 0. The van der Waals surface area contributed by atoms with Crippen LogP contribution in [0.4, 0.5) is 0 Å². The number of nitrogens with zero attached hydrogens (tertiary/aromatic N) is 2. The number of aliphatic imine (C=N–C) groups is 1. The van der Waals surface area contributed by atoms with Crippen molar-refractivity contribution in [1.29, 1.82) is 0 Å². The molecule has 1 aromatic carbocycles. The maximum atomic E-state index is 12.2. The second-order valence-corrected chi connectivity index (χ2v) is 8.02. The van der Waals surface area contributed by atoms with Crippen molar-refractivity contribution in [2.75, 3.05) is 19.6 Å². The third-order valence-corrected chi connectivity index (χ3v) is 4.77. The lowest BCUT2D eigenvalue weighted by Gasteiger charge is -2.31. The number of likely N-dealkylation sites (tertiary alicyclic amines) is 1. The fourth-order valence-electron chi connectivity index (χ4n) is 3.08. The molecular formula is C21H32N4O. The molecule has 142 valence electrons. The summed E-state index contributed by atoms with van der Waals surface area (Å²) >= 11 is 0. The van der Waals surface area contributed by atoms with Crippen molar-refractivity contribution in [2.24, 2.45) is 16.6 Å². The molecular weight excluding hydrogens is 324 g/mol. The van der Waals surface area contributed by atoms with Gasteiger partial charge in [-0.1, -0.05) is 30.3 Å². The smallest absolute Gasteiger partial charge is 0.267 e. The maximum Gasteiger partial charge on any atom is 0.267 e. The van der Waals surface area contributed by atoms with Crippen LogP contribution in [0.1, 0.15) is 39.7 Å². The Kier molecular flexibility index (Phi) is 6.98. The zero-order valence-electron chi connectivity index (χ0n) is 16.5. The molecule has 1 aliphatic heterocycles. The van der Waals surface area contributed by atoms with Crippen LogP contribution in [0.5, 0.6) is 0 Å². The van der Waals surface area contributed by atoms with Gasteiger partial charge in [0.1, 0.15) is 0 Å². The fraction of sp³-hybridized carbons (Fsp3) is 0.524. The Morgan fingerprint density at radius 1 is 1.35 bits per heavy atom. The number of carbonyl (C=O) groups is 1. The van der Waals surface area contributed by atoms with Crippen LogP contribution in [-0.4, -0.2) is 41.7 Å². The first-order chi connectivity index (χ1) is 12.3. The lowest BCUT2D eigenvalue weighted by Crippen LogP contribution is -2.40. The quantitative estimate of drug-likeness (QED) is 0.608. The first-order valence-electron chi connectivity index (χ1n) is 9.31. The lowest BCUT2D eigenvalue weighted by molar-refractivity contribution is -0.117. The number of nitrogens with one attached hydrogen (secondary N) is 1. The monoisotopic (exact) mass is 356 g/mol. The lowest BCUT2D eigenvalue weighted by atomic mass is 10.1. The Balaban J connectivity index is 1.80. The minimum atomic E-state index is -0.214. The summed E-state index contributed by atoms with van der Waals surface area (Å²) in [4.78, 5) is 19.1. The molecule has 0 saturated carbocycles. The van der Waals surface area contributed by atoms with E-state index in [2.05, 4.69) is 36.0 Å². The minimum Gasteiger partial charge on any atom is -0.394 e. The third kappa shape index (κ3) is 6.30. The molecule has 5 heteroatoms. The largest absolute Gasteiger partial charge is 0.394 e. The van der Waals surface area contributed by atoms with Gasteiger partial charge in [0.25, 0.3) is 5.91 Å². The Bertz CT molecular complexity index is 658. The van der Waals surface area contributed by atoms with E-state index >= 15 is 0 Å². The van der Waals surface area contributed by atoms with Crippen LogP contribution in [0.15, 0.2) is 47.1 Å². The molecule has 0 aliphatic carbocycles. The summed E-state index contributed by atoms with van der Waals surface area (Å²) in [5.74, 6) is 0.271. The summed E-state index contributed by atoms with van der Waals surface area (Å²) < 4.78 is 0. The number of allylic oxidation sites excluding steroid dienone is 1. The highest BCUT2D eigenvalue weighted by Crippen LogP contribution is 2.23. The highest BCUT2D eigenvalue weighted by Gasteiger charge is 2.30. The van der Waals surface area contributed by atoms with Crippen LogP contribution in [0.25, 0.3) is 0 Å². The Morgan fingerprint density at radius 2 is 2.04 bits per heavy atom. The van der Waals surface area contributed by atoms with Gasteiger partial charge in [-0.3, -0.25) is 14.7 Å². The van der Waals surface area contributed by atoms with Crippen molar-refractivity contribution < 1.29 is 4.79 Å². The summed E-state index contributed by atoms with van der Waals surface area (Å²) in [6, 6.07) is 10.0. The number of nitrogens with two attached hydrogens (primary N) is 1. The van der Waals surface area contributed by atoms with Crippen molar-refractivity contribution in [3.05, 3.63) is 47.7 Å². The molecule has 0 bridgehead atoms. The normalized spacial score (nSPS) is 19.6. The van der Waals surface area contributed by atoms with Gasteiger partial charge < -0.3 is 11.1 Å². The van der Waals surface area contributed by atoms with Gasteiger partial charge in [0.15, 0.2) is 0 Å². The molecule has 1 fully saturated rings. The summed E-state index contributed by atoms with van der Waals surface area (Å²) in [5.41, 5.74) is 8.21. The van der Waals surface area contributed by atoms with E-state index in [1.54, 1.807) is 6.08 Å². The molecule has 1 aliphatic rings. The predicted molar refractivity (Wildman–Crippen MR) is 108 cm³/mol. The van der Waals surface area contributed by atoms with Gasteiger partial charge in [-0.25, -0.2) is 0 Å². The number of hydrogen-bond donors (Lipinski definition) is 2. The Hall–Kier alpha value is -2.14. The molecule has 5 nitrogen and oxygen atoms in total. The number of hydrogen-bond acceptors (Lipinski definition) is 4. The average molecular weight is 357 g/mol. The molecule has 0 spiro atoms. The Morgan fingerprint density at radius 3 is 2.65 bits per heavy atom. The molecule has 1 atom stereocenters. The first kappa shape index (κ1) is 20.2. The van der Waals surface area contributed by atoms with E-state index in [4.69, 9.17) is 5.73 Å². The van der Waals surface area contributed by atoms with E-state index in [9.17, 15) is 4.79 Å². The topological polar surface area (TPSA) is 70.7 Å². The zero-order valence-corrected chi connectivity index (χ0v) is 16.5. The molecule has 1 aromatic rings. The number of carbonyl (C=O) groups excluding carboxylic acids is 1. The summed E-state index contributed by atoms with van der Waals surface area (Å²) in [6.45, 7) is 11.9.